The Labute approximate surface area is 159 Å². The van der Waals surface area contributed by atoms with Gasteiger partial charge in [-0.2, -0.15) is 4.31 Å². The molecule has 0 saturated carbocycles. The van der Waals surface area contributed by atoms with Crippen LogP contribution in [0.4, 0.5) is 8.78 Å². The van der Waals surface area contributed by atoms with E-state index in [-0.39, 0.29) is 37.6 Å². The molecule has 0 aromatic heterocycles. The molecule has 1 amide bonds. The van der Waals surface area contributed by atoms with Crippen LogP contribution in [0, 0.1) is 11.6 Å². The van der Waals surface area contributed by atoms with Crippen molar-refractivity contribution in [3.63, 3.8) is 0 Å². The van der Waals surface area contributed by atoms with Gasteiger partial charge < -0.3 is 4.90 Å². The molecule has 1 fully saturated rings. The topological polar surface area (TPSA) is 60.9 Å². The fourth-order valence-corrected chi connectivity index (χ4v) is 4.89. The van der Waals surface area contributed by atoms with Gasteiger partial charge in [-0.25, -0.2) is 17.2 Å². The van der Waals surface area contributed by atoms with E-state index in [9.17, 15) is 22.0 Å². The molecule has 0 bridgehead atoms. The van der Waals surface area contributed by atoms with Crippen LogP contribution in [0.15, 0.2) is 23.1 Å². The lowest BCUT2D eigenvalue weighted by Crippen LogP contribution is -2.53. The third kappa shape index (κ3) is 5.03. The van der Waals surface area contributed by atoms with E-state index in [1.54, 1.807) is 4.90 Å². The molecule has 0 aliphatic carbocycles. The summed E-state index contributed by atoms with van der Waals surface area (Å²) in [4.78, 5) is 15.6. The summed E-state index contributed by atoms with van der Waals surface area (Å²) in [5.74, 6) is -1.78. The lowest BCUT2D eigenvalue weighted by Gasteiger charge is -2.36. The second-order valence-corrected chi connectivity index (χ2v) is 9.15. The fraction of sp³-hybridized carbons (Fsp3) is 0.611. The van der Waals surface area contributed by atoms with E-state index in [1.165, 1.54) is 0 Å². The number of hydrogen-bond donors (Lipinski definition) is 0. The van der Waals surface area contributed by atoms with Crippen molar-refractivity contribution in [1.82, 2.24) is 14.1 Å². The van der Waals surface area contributed by atoms with Gasteiger partial charge in [0.15, 0.2) is 0 Å². The van der Waals surface area contributed by atoms with Gasteiger partial charge in [0.05, 0.1) is 6.54 Å². The molecule has 0 atom stereocenters. The summed E-state index contributed by atoms with van der Waals surface area (Å²) in [5, 5.41) is 0. The molecule has 0 N–H and O–H groups in total. The van der Waals surface area contributed by atoms with Crippen molar-refractivity contribution in [1.29, 1.82) is 0 Å². The van der Waals surface area contributed by atoms with Crippen molar-refractivity contribution < 1.29 is 22.0 Å². The van der Waals surface area contributed by atoms with E-state index < -0.39 is 26.6 Å². The Bertz CT molecular complexity index is 768. The molecular weight excluding hydrogens is 376 g/mol. The zero-order valence-corrected chi connectivity index (χ0v) is 17.0. The first kappa shape index (κ1) is 21.7. The van der Waals surface area contributed by atoms with E-state index in [0.29, 0.717) is 19.2 Å². The zero-order chi connectivity index (χ0) is 20.4. The summed E-state index contributed by atoms with van der Waals surface area (Å²) < 4.78 is 53.6. The van der Waals surface area contributed by atoms with Crippen LogP contribution in [0.1, 0.15) is 27.7 Å². The standard InChI is InChI=1S/C18H27F2N3O3S/c1-13(2)23(14(3)4)18(24)12-21-7-9-22(10-8-21)27(25,26)17-11-15(19)5-6-16(17)20/h5-6,11,13-14H,7-10,12H2,1-4H3. The van der Waals surface area contributed by atoms with E-state index in [4.69, 9.17) is 0 Å². The number of piperazine rings is 1. The minimum Gasteiger partial charge on any atom is -0.337 e. The minimum absolute atomic E-state index is 0.00696. The van der Waals surface area contributed by atoms with Gasteiger partial charge in [0.1, 0.15) is 16.5 Å². The van der Waals surface area contributed by atoms with Gasteiger partial charge in [0.25, 0.3) is 0 Å². The van der Waals surface area contributed by atoms with Gasteiger partial charge in [-0.1, -0.05) is 0 Å². The smallest absolute Gasteiger partial charge is 0.246 e. The van der Waals surface area contributed by atoms with Crippen molar-refractivity contribution in [2.75, 3.05) is 32.7 Å². The summed E-state index contributed by atoms with van der Waals surface area (Å²) in [6.07, 6.45) is 0. The summed E-state index contributed by atoms with van der Waals surface area (Å²) in [5.41, 5.74) is 0. The molecule has 27 heavy (non-hydrogen) atoms. The molecule has 6 nitrogen and oxygen atoms in total. The molecule has 2 rings (SSSR count). The van der Waals surface area contributed by atoms with E-state index in [1.807, 2.05) is 32.6 Å². The molecule has 0 unspecified atom stereocenters. The van der Waals surface area contributed by atoms with Gasteiger partial charge in [0.2, 0.25) is 15.9 Å². The quantitative estimate of drug-likeness (QED) is 0.728. The van der Waals surface area contributed by atoms with Gasteiger partial charge in [0, 0.05) is 38.3 Å². The van der Waals surface area contributed by atoms with Crippen molar-refractivity contribution >= 4 is 15.9 Å². The highest BCUT2D eigenvalue weighted by atomic mass is 32.2. The highest BCUT2D eigenvalue weighted by Crippen LogP contribution is 2.21. The predicted molar refractivity (Wildman–Crippen MR) is 98.7 cm³/mol. The Balaban J connectivity index is 2.02. The van der Waals surface area contributed by atoms with Crippen LogP contribution in [0.5, 0.6) is 0 Å². The lowest BCUT2D eigenvalue weighted by molar-refractivity contribution is -0.136. The van der Waals surface area contributed by atoms with Crippen LogP contribution in [0.3, 0.4) is 0 Å². The maximum Gasteiger partial charge on any atom is 0.246 e. The number of halogens is 2. The molecular formula is C18H27F2N3O3S. The molecule has 0 spiro atoms. The van der Waals surface area contributed by atoms with Gasteiger partial charge in [-0.05, 0) is 45.9 Å². The number of amides is 1. The second kappa shape index (κ2) is 8.62. The maximum atomic E-state index is 13.9. The third-order valence-corrected chi connectivity index (χ3v) is 6.52. The molecule has 1 aromatic carbocycles. The zero-order valence-electron chi connectivity index (χ0n) is 16.2. The maximum absolute atomic E-state index is 13.9. The number of hydrogen-bond acceptors (Lipinski definition) is 4. The van der Waals surface area contributed by atoms with Crippen LogP contribution >= 0.6 is 0 Å². The van der Waals surface area contributed by atoms with Crippen LogP contribution in [0.25, 0.3) is 0 Å². The van der Waals surface area contributed by atoms with E-state index in [2.05, 4.69) is 0 Å². The molecule has 1 aliphatic rings. The SMILES string of the molecule is CC(C)N(C(=O)CN1CCN(S(=O)(=O)c2cc(F)ccc2F)CC1)C(C)C. The van der Waals surface area contributed by atoms with Crippen LogP contribution < -0.4 is 0 Å². The monoisotopic (exact) mass is 403 g/mol. The van der Waals surface area contributed by atoms with Crippen LogP contribution in [-0.4, -0.2) is 73.2 Å². The first-order valence-electron chi connectivity index (χ1n) is 9.02. The Kier molecular flexibility index (Phi) is 6.93. The van der Waals surface area contributed by atoms with Crippen molar-refractivity contribution in [2.45, 2.75) is 44.7 Å². The molecule has 1 saturated heterocycles. The predicted octanol–water partition coefficient (Wildman–Crippen LogP) is 1.92. The normalized spacial score (nSPS) is 16.9. The van der Waals surface area contributed by atoms with Crippen molar-refractivity contribution in [3.05, 3.63) is 29.8 Å². The first-order valence-corrected chi connectivity index (χ1v) is 10.5. The third-order valence-electron chi connectivity index (χ3n) is 4.60. The Morgan fingerprint density at radius 2 is 1.63 bits per heavy atom. The van der Waals surface area contributed by atoms with Crippen molar-refractivity contribution in [2.24, 2.45) is 0 Å². The van der Waals surface area contributed by atoms with Gasteiger partial charge in [-0.3, -0.25) is 9.69 Å². The number of carbonyl (C=O) groups excluding carboxylic acids is 1. The molecule has 1 aromatic rings. The Morgan fingerprint density at radius 3 is 2.15 bits per heavy atom. The first-order chi connectivity index (χ1) is 12.5. The van der Waals surface area contributed by atoms with E-state index in [0.717, 1.165) is 16.4 Å². The molecule has 1 aliphatic heterocycles. The average Bonchev–Trinajstić information content (AvgIpc) is 2.56. The van der Waals surface area contributed by atoms with Crippen LogP contribution in [0.2, 0.25) is 0 Å². The molecule has 1 heterocycles. The average molecular weight is 403 g/mol. The van der Waals surface area contributed by atoms with Gasteiger partial charge in [-0.15, -0.1) is 0 Å². The summed E-state index contributed by atoms with van der Waals surface area (Å²) >= 11 is 0. The van der Waals surface area contributed by atoms with Crippen molar-refractivity contribution in [3.8, 4) is 0 Å². The molecule has 9 heteroatoms. The fourth-order valence-electron chi connectivity index (χ4n) is 3.39. The number of rotatable bonds is 6. The highest BCUT2D eigenvalue weighted by Gasteiger charge is 2.32. The van der Waals surface area contributed by atoms with E-state index >= 15 is 0 Å². The molecule has 0 radical (unpaired) electrons. The number of nitrogens with zero attached hydrogens (tertiary/aromatic N) is 3. The minimum atomic E-state index is -4.11. The molecule has 152 valence electrons. The highest BCUT2D eigenvalue weighted by molar-refractivity contribution is 7.89. The number of benzene rings is 1. The summed E-state index contributed by atoms with van der Waals surface area (Å²) in [6.45, 7) is 8.97. The number of carbonyl (C=O) groups is 1. The summed E-state index contributed by atoms with van der Waals surface area (Å²) in [6, 6.07) is 2.55. The van der Waals surface area contributed by atoms with Crippen LogP contribution in [-0.2, 0) is 14.8 Å². The Morgan fingerprint density at radius 1 is 1.07 bits per heavy atom. The second-order valence-electron chi connectivity index (χ2n) is 7.24. The lowest BCUT2D eigenvalue weighted by atomic mass is 10.2. The Hall–Kier alpha value is -1.58. The largest absolute Gasteiger partial charge is 0.337 e. The number of sulfonamides is 1. The summed E-state index contributed by atoms with van der Waals surface area (Å²) in [7, 11) is -4.11. The van der Waals surface area contributed by atoms with Gasteiger partial charge >= 0.3 is 0 Å².